The lowest BCUT2D eigenvalue weighted by Gasteiger charge is -2.34. The molecule has 0 amide bonds. The molecular formula is C22H31ClN4. The number of hydrogen-bond donors (Lipinski definition) is 2. The van der Waals surface area contributed by atoms with Gasteiger partial charge in [0.1, 0.15) is 0 Å². The van der Waals surface area contributed by atoms with Gasteiger partial charge in [0.25, 0.3) is 0 Å². The molecule has 0 spiro atoms. The number of aliphatic imine (C=N–C) groups is 1. The van der Waals surface area contributed by atoms with Gasteiger partial charge in [-0.25, -0.2) is 0 Å². The molecule has 0 bridgehead atoms. The van der Waals surface area contributed by atoms with Crippen molar-refractivity contribution in [3.8, 4) is 0 Å². The van der Waals surface area contributed by atoms with E-state index < -0.39 is 0 Å². The van der Waals surface area contributed by atoms with E-state index in [1.54, 1.807) is 6.20 Å². The first-order chi connectivity index (χ1) is 13.2. The van der Waals surface area contributed by atoms with Crippen molar-refractivity contribution >= 4 is 23.5 Å². The Balaban J connectivity index is 2.26. The van der Waals surface area contributed by atoms with Crippen molar-refractivity contribution in [3.63, 3.8) is 0 Å². The maximum atomic E-state index is 6.29. The molecule has 2 rings (SSSR count). The molecule has 1 unspecified atom stereocenters. The molecule has 1 saturated heterocycles. The predicted octanol–water partition coefficient (Wildman–Crippen LogP) is 4.42. The summed E-state index contributed by atoms with van der Waals surface area (Å²) in [6, 6.07) is 6.44. The van der Waals surface area contributed by atoms with Crippen LogP contribution >= 0.6 is 11.6 Å². The molecule has 27 heavy (non-hydrogen) atoms. The Bertz CT molecular complexity index is 688. The van der Waals surface area contributed by atoms with Crippen LogP contribution in [-0.2, 0) is 0 Å². The SMILES string of the molecule is C=CNC(C)=NC/C=C/c1cc(Cl)ccc1C(/C=C/CC)N1CCNCC1. The van der Waals surface area contributed by atoms with Crippen LogP contribution in [0.4, 0.5) is 0 Å². The van der Waals surface area contributed by atoms with E-state index in [9.17, 15) is 0 Å². The lowest BCUT2D eigenvalue weighted by molar-refractivity contribution is 0.203. The van der Waals surface area contributed by atoms with Gasteiger partial charge in [0.2, 0.25) is 0 Å². The summed E-state index contributed by atoms with van der Waals surface area (Å²) < 4.78 is 0. The molecule has 1 aliphatic heterocycles. The van der Waals surface area contributed by atoms with E-state index in [1.165, 1.54) is 5.56 Å². The Labute approximate surface area is 168 Å². The zero-order chi connectivity index (χ0) is 19.5. The highest BCUT2D eigenvalue weighted by Gasteiger charge is 2.21. The molecule has 4 nitrogen and oxygen atoms in total. The standard InChI is InChI=1S/C22H31ClN4/c1-4-6-9-22(27-15-13-24-14-16-27)21-11-10-20(23)17-19(21)8-7-12-26-18(3)25-5-2/h5-11,17,22,24H,2,4,12-16H2,1,3H3,(H,25,26)/b8-7+,9-6+. The molecule has 0 aliphatic carbocycles. The molecule has 1 aromatic rings. The fourth-order valence-corrected chi connectivity index (χ4v) is 3.35. The second-order valence-electron chi connectivity index (χ2n) is 6.52. The maximum absolute atomic E-state index is 6.29. The normalized spacial score (nSPS) is 17.5. The van der Waals surface area contributed by atoms with Gasteiger partial charge in [-0.2, -0.15) is 0 Å². The fourth-order valence-electron chi connectivity index (χ4n) is 3.17. The summed E-state index contributed by atoms with van der Waals surface area (Å²) in [6.45, 7) is 12.5. The monoisotopic (exact) mass is 386 g/mol. The first kappa shape index (κ1) is 21.4. The number of hydrogen-bond acceptors (Lipinski definition) is 3. The number of halogens is 1. The second kappa shape index (κ2) is 11.8. The number of nitrogens with zero attached hydrogens (tertiary/aromatic N) is 2. The summed E-state index contributed by atoms with van der Waals surface area (Å²) in [6.07, 6.45) is 11.4. The van der Waals surface area contributed by atoms with Crippen LogP contribution in [0, 0.1) is 0 Å². The Hall–Kier alpha value is -1.88. The van der Waals surface area contributed by atoms with Gasteiger partial charge >= 0.3 is 0 Å². The first-order valence-electron chi connectivity index (χ1n) is 9.61. The van der Waals surface area contributed by atoms with E-state index in [2.05, 4.69) is 64.4 Å². The van der Waals surface area contributed by atoms with Crippen molar-refractivity contribution in [2.45, 2.75) is 26.3 Å². The smallest absolute Gasteiger partial charge is 0.0974 e. The van der Waals surface area contributed by atoms with Crippen molar-refractivity contribution in [3.05, 3.63) is 65.4 Å². The number of rotatable bonds is 8. The molecule has 1 aliphatic rings. The van der Waals surface area contributed by atoms with Gasteiger partial charge < -0.3 is 10.6 Å². The minimum Gasteiger partial charge on any atom is -0.351 e. The zero-order valence-corrected chi connectivity index (χ0v) is 17.2. The molecule has 1 heterocycles. The molecule has 1 atom stereocenters. The highest BCUT2D eigenvalue weighted by atomic mass is 35.5. The van der Waals surface area contributed by atoms with Crippen LogP contribution in [0.25, 0.3) is 6.08 Å². The molecule has 1 fully saturated rings. The summed E-state index contributed by atoms with van der Waals surface area (Å²) in [4.78, 5) is 6.97. The van der Waals surface area contributed by atoms with Crippen molar-refractivity contribution in [1.29, 1.82) is 0 Å². The minimum atomic E-state index is 0.261. The third-order valence-corrected chi connectivity index (χ3v) is 4.74. The quantitative estimate of drug-likeness (QED) is 0.394. The van der Waals surface area contributed by atoms with Crippen molar-refractivity contribution in [2.24, 2.45) is 4.99 Å². The molecule has 2 N–H and O–H groups in total. The van der Waals surface area contributed by atoms with Gasteiger partial charge in [-0.05, 0) is 42.8 Å². The minimum absolute atomic E-state index is 0.261. The number of benzene rings is 1. The molecule has 0 saturated carbocycles. The largest absolute Gasteiger partial charge is 0.351 e. The Morgan fingerprint density at radius 2 is 2.15 bits per heavy atom. The van der Waals surface area contributed by atoms with Gasteiger partial charge in [0.15, 0.2) is 0 Å². The van der Waals surface area contributed by atoms with Crippen molar-refractivity contribution in [2.75, 3.05) is 32.7 Å². The number of nitrogens with one attached hydrogen (secondary N) is 2. The van der Waals surface area contributed by atoms with E-state index >= 15 is 0 Å². The third-order valence-electron chi connectivity index (χ3n) is 4.51. The van der Waals surface area contributed by atoms with Crippen LogP contribution in [-0.4, -0.2) is 43.5 Å². The van der Waals surface area contributed by atoms with Gasteiger partial charge in [-0.3, -0.25) is 9.89 Å². The molecule has 146 valence electrons. The summed E-state index contributed by atoms with van der Waals surface area (Å²) in [5.41, 5.74) is 2.43. The lowest BCUT2D eigenvalue weighted by atomic mass is 9.97. The highest BCUT2D eigenvalue weighted by molar-refractivity contribution is 6.30. The van der Waals surface area contributed by atoms with Crippen LogP contribution < -0.4 is 10.6 Å². The summed E-state index contributed by atoms with van der Waals surface area (Å²) in [5, 5.41) is 7.18. The van der Waals surface area contributed by atoms with Crippen molar-refractivity contribution < 1.29 is 0 Å². The Kier molecular flexibility index (Phi) is 9.32. The van der Waals surface area contributed by atoms with Crippen molar-refractivity contribution in [1.82, 2.24) is 15.5 Å². The fraction of sp³-hybridized carbons (Fsp3) is 0.409. The summed E-state index contributed by atoms with van der Waals surface area (Å²) in [7, 11) is 0. The highest BCUT2D eigenvalue weighted by Crippen LogP contribution is 2.29. The maximum Gasteiger partial charge on any atom is 0.0974 e. The van der Waals surface area contributed by atoms with E-state index in [-0.39, 0.29) is 6.04 Å². The average Bonchev–Trinajstić information content (AvgIpc) is 2.68. The van der Waals surface area contributed by atoms with E-state index in [1.807, 2.05) is 19.1 Å². The van der Waals surface area contributed by atoms with E-state index in [0.717, 1.165) is 49.0 Å². The van der Waals surface area contributed by atoms with Gasteiger partial charge in [0.05, 0.1) is 18.4 Å². The molecule has 0 radical (unpaired) electrons. The van der Waals surface area contributed by atoms with Crippen LogP contribution in [0.2, 0.25) is 5.02 Å². The number of allylic oxidation sites excluding steroid dienone is 1. The van der Waals surface area contributed by atoms with Crippen LogP contribution in [0.3, 0.4) is 0 Å². The topological polar surface area (TPSA) is 39.7 Å². The zero-order valence-electron chi connectivity index (χ0n) is 16.4. The predicted molar refractivity (Wildman–Crippen MR) is 118 cm³/mol. The van der Waals surface area contributed by atoms with Gasteiger partial charge in [0, 0.05) is 31.2 Å². The third kappa shape index (κ3) is 6.98. The van der Waals surface area contributed by atoms with E-state index in [4.69, 9.17) is 11.6 Å². The summed E-state index contributed by atoms with van der Waals surface area (Å²) >= 11 is 6.29. The van der Waals surface area contributed by atoms with Crippen LogP contribution in [0.15, 0.2) is 54.2 Å². The van der Waals surface area contributed by atoms with Gasteiger partial charge in [-0.15, -0.1) is 0 Å². The molecule has 0 aromatic heterocycles. The van der Waals surface area contributed by atoms with Gasteiger partial charge in [-0.1, -0.05) is 55.5 Å². The first-order valence-corrected chi connectivity index (χ1v) is 9.99. The Morgan fingerprint density at radius 3 is 2.85 bits per heavy atom. The lowest BCUT2D eigenvalue weighted by Crippen LogP contribution is -2.44. The molecule has 1 aromatic carbocycles. The van der Waals surface area contributed by atoms with Crippen LogP contribution in [0.5, 0.6) is 0 Å². The van der Waals surface area contributed by atoms with Crippen LogP contribution in [0.1, 0.15) is 37.4 Å². The molecular weight excluding hydrogens is 356 g/mol. The number of piperazine rings is 1. The summed E-state index contributed by atoms with van der Waals surface area (Å²) in [5.74, 6) is 0.852. The average molecular weight is 387 g/mol. The second-order valence-corrected chi connectivity index (χ2v) is 6.95. The Morgan fingerprint density at radius 1 is 1.37 bits per heavy atom. The number of amidine groups is 1. The molecule has 5 heteroatoms. The van der Waals surface area contributed by atoms with E-state index in [0.29, 0.717) is 6.54 Å².